The Balaban J connectivity index is 2.32. The van der Waals surface area contributed by atoms with Crippen molar-refractivity contribution in [1.29, 1.82) is 0 Å². The normalized spacial score (nSPS) is 32.2. The molecule has 0 saturated carbocycles. The molecule has 0 aromatic heterocycles. The van der Waals surface area contributed by atoms with Crippen molar-refractivity contribution in [3.63, 3.8) is 0 Å². The molecule has 0 saturated heterocycles. The highest BCUT2D eigenvalue weighted by Crippen LogP contribution is 2.33. The Morgan fingerprint density at radius 2 is 2.19 bits per heavy atom. The standard InChI is InChI=1S/C18H24O3/c1-12(2)18-16(20-14(4)19)10-8-6-5-7-9-15-13(3)11-17(18)21-15/h11,15-18H,1,5-7,9H2,2-4H3/t15-,16-,17-,18+/m1/s1. The second-order valence-electron chi connectivity index (χ2n) is 5.97. The SMILES string of the molecule is C=C(C)[C@H]1[C@H](OC(C)=O)C#CCCCC[C@H]2O[C@@H]1C=C2C. The summed E-state index contributed by atoms with van der Waals surface area (Å²) < 4.78 is 11.6. The maximum Gasteiger partial charge on any atom is 0.303 e. The van der Waals surface area contributed by atoms with E-state index in [4.69, 9.17) is 9.47 Å². The summed E-state index contributed by atoms with van der Waals surface area (Å²) in [7, 11) is 0. The summed E-state index contributed by atoms with van der Waals surface area (Å²) >= 11 is 0. The summed E-state index contributed by atoms with van der Waals surface area (Å²) in [6.45, 7) is 9.53. The van der Waals surface area contributed by atoms with Crippen LogP contribution in [0.4, 0.5) is 0 Å². The molecule has 114 valence electrons. The highest BCUT2D eigenvalue weighted by Gasteiger charge is 2.36. The summed E-state index contributed by atoms with van der Waals surface area (Å²) in [4.78, 5) is 11.4. The van der Waals surface area contributed by atoms with Crippen LogP contribution >= 0.6 is 0 Å². The lowest BCUT2D eigenvalue weighted by Gasteiger charge is -2.28. The van der Waals surface area contributed by atoms with E-state index in [9.17, 15) is 4.79 Å². The molecule has 0 spiro atoms. The first-order valence-electron chi connectivity index (χ1n) is 7.64. The molecule has 2 rings (SSSR count). The first kappa shape index (κ1) is 15.9. The van der Waals surface area contributed by atoms with E-state index in [2.05, 4.69) is 31.4 Å². The van der Waals surface area contributed by atoms with Crippen LogP contribution in [0.3, 0.4) is 0 Å². The van der Waals surface area contributed by atoms with Gasteiger partial charge in [-0.15, -0.1) is 0 Å². The highest BCUT2D eigenvalue weighted by atomic mass is 16.5. The lowest BCUT2D eigenvalue weighted by Crippen LogP contribution is -2.35. The Bertz CT molecular complexity index is 506. The van der Waals surface area contributed by atoms with Crippen molar-refractivity contribution in [2.24, 2.45) is 5.92 Å². The van der Waals surface area contributed by atoms with Crippen LogP contribution in [0.5, 0.6) is 0 Å². The van der Waals surface area contributed by atoms with E-state index in [1.807, 2.05) is 6.92 Å². The molecule has 0 aliphatic carbocycles. The molecule has 2 heterocycles. The number of carbonyl (C=O) groups is 1. The molecule has 4 atom stereocenters. The third kappa shape index (κ3) is 3.98. The fourth-order valence-electron chi connectivity index (χ4n) is 2.99. The van der Waals surface area contributed by atoms with Crippen LogP contribution in [-0.2, 0) is 14.3 Å². The molecule has 0 aromatic rings. The van der Waals surface area contributed by atoms with E-state index < -0.39 is 6.10 Å². The smallest absolute Gasteiger partial charge is 0.303 e. The van der Waals surface area contributed by atoms with Crippen molar-refractivity contribution < 1.29 is 14.3 Å². The minimum Gasteiger partial charge on any atom is -0.449 e. The Morgan fingerprint density at radius 1 is 1.43 bits per heavy atom. The number of hydrogen-bond donors (Lipinski definition) is 0. The largest absolute Gasteiger partial charge is 0.449 e. The van der Waals surface area contributed by atoms with Crippen molar-refractivity contribution in [1.82, 2.24) is 0 Å². The molecule has 2 aliphatic heterocycles. The molecule has 2 bridgehead atoms. The highest BCUT2D eigenvalue weighted by molar-refractivity contribution is 5.66. The van der Waals surface area contributed by atoms with Crippen molar-refractivity contribution in [2.75, 3.05) is 0 Å². The summed E-state index contributed by atoms with van der Waals surface area (Å²) in [6, 6.07) is 0. The zero-order chi connectivity index (χ0) is 15.4. The predicted octanol–water partition coefficient (Wildman–Crippen LogP) is 3.40. The zero-order valence-electron chi connectivity index (χ0n) is 13.1. The molecule has 3 nitrogen and oxygen atoms in total. The quantitative estimate of drug-likeness (QED) is 0.444. The summed E-state index contributed by atoms with van der Waals surface area (Å²) in [5.74, 6) is 5.84. The molecule has 0 unspecified atom stereocenters. The molecule has 3 heteroatoms. The molecule has 2 aliphatic rings. The van der Waals surface area contributed by atoms with Crippen molar-refractivity contribution in [3.05, 3.63) is 23.8 Å². The monoisotopic (exact) mass is 288 g/mol. The van der Waals surface area contributed by atoms with Gasteiger partial charge < -0.3 is 9.47 Å². The fraction of sp³-hybridized carbons (Fsp3) is 0.611. The zero-order valence-corrected chi connectivity index (χ0v) is 13.1. The maximum absolute atomic E-state index is 11.4. The topological polar surface area (TPSA) is 35.5 Å². The first-order chi connectivity index (χ1) is 9.99. The van der Waals surface area contributed by atoms with E-state index in [0.717, 1.165) is 31.3 Å². The van der Waals surface area contributed by atoms with Crippen LogP contribution in [0, 0.1) is 17.8 Å². The van der Waals surface area contributed by atoms with Gasteiger partial charge in [-0.2, -0.15) is 0 Å². The average Bonchev–Trinajstić information content (AvgIpc) is 2.70. The van der Waals surface area contributed by atoms with Crippen LogP contribution < -0.4 is 0 Å². The third-order valence-electron chi connectivity index (χ3n) is 4.06. The van der Waals surface area contributed by atoms with Gasteiger partial charge in [0.2, 0.25) is 0 Å². The molecule has 21 heavy (non-hydrogen) atoms. The molecule has 0 N–H and O–H groups in total. The molecule has 0 fully saturated rings. The van der Waals surface area contributed by atoms with Gasteiger partial charge in [0, 0.05) is 13.3 Å². The van der Waals surface area contributed by atoms with Gasteiger partial charge in [-0.1, -0.05) is 30.1 Å². The minimum atomic E-state index is -0.481. The van der Waals surface area contributed by atoms with E-state index in [1.54, 1.807) is 0 Å². The van der Waals surface area contributed by atoms with Crippen LogP contribution in [0.25, 0.3) is 0 Å². The third-order valence-corrected chi connectivity index (χ3v) is 4.06. The minimum absolute atomic E-state index is 0.107. The van der Waals surface area contributed by atoms with Crippen LogP contribution in [0.15, 0.2) is 23.8 Å². The second-order valence-corrected chi connectivity index (χ2v) is 5.97. The number of hydrogen-bond acceptors (Lipinski definition) is 3. The number of rotatable bonds is 2. The van der Waals surface area contributed by atoms with E-state index in [0.29, 0.717) is 0 Å². The van der Waals surface area contributed by atoms with Gasteiger partial charge in [0.25, 0.3) is 0 Å². The maximum atomic E-state index is 11.4. The van der Waals surface area contributed by atoms with E-state index >= 15 is 0 Å². The van der Waals surface area contributed by atoms with Crippen LogP contribution in [-0.4, -0.2) is 24.3 Å². The predicted molar refractivity (Wildman–Crippen MR) is 82.5 cm³/mol. The first-order valence-corrected chi connectivity index (χ1v) is 7.64. The summed E-state index contributed by atoms with van der Waals surface area (Å²) in [5, 5.41) is 0. The van der Waals surface area contributed by atoms with Crippen molar-refractivity contribution in [3.8, 4) is 11.8 Å². The van der Waals surface area contributed by atoms with Gasteiger partial charge in [0.05, 0.1) is 18.1 Å². The number of ether oxygens (including phenoxy) is 2. The molecular weight excluding hydrogens is 264 g/mol. The molecule has 0 radical (unpaired) electrons. The average molecular weight is 288 g/mol. The van der Waals surface area contributed by atoms with Gasteiger partial charge in [0.15, 0.2) is 6.10 Å². The van der Waals surface area contributed by atoms with E-state index in [1.165, 1.54) is 12.5 Å². The Hall–Kier alpha value is -1.53. The van der Waals surface area contributed by atoms with Crippen molar-refractivity contribution in [2.45, 2.75) is 64.8 Å². The van der Waals surface area contributed by atoms with Gasteiger partial charge >= 0.3 is 5.97 Å². The lowest BCUT2D eigenvalue weighted by atomic mass is 9.89. The Kier molecular flexibility index (Phi) is 5.25. The van der Waals surface area contributed by atoms with E-state index in [-0.39, 0.29) is 24.1 Å². The van der Waals surface area contributed by atoms with Gasteiger partial charge in [-0.05, 0) is 38.7 Å². The Morgan fingerprint density at radius 3 is 2.86 bits per heavy atom. The second kappa shape index (κ2) is 6.95. The summed E-state index contributed by atoms with van der Waals surface area (Å²) in [6.07, 6.45) is 5.75. The molecule has 0 amide bonds. The van der Waals surface area contributed by atoms with Gasteiger partial charge in [0.1, 0.15) is 0 Å². The van der Waals surface area contributed by atoms with Crippen molar-refractivity contribution >= 4 is 5.97 Å². The number of carbonyl (C=O) groups excluding carboxylic acids is 1. The number of esters is 1. The van der Waals surface area contributed by atoms with Gasteiger partial charge in [-0.25, -0.2) is 0 Å². The molecule has 0 aromatic carbocycles. The van der Waals surface area contributed by atoms with Crippen LogP contribution in [0.2, 0.25) is 0 Å². The summed E-state index contributed by atoms with van der Waals surface area (Å²) in [5.41, 5.74) is 2.20. The fourth-order valence-corrected chi connectivity index (χ4v) is 2.99. The Labute approximate surface area is 127 Å². The lowest BCUT2D eigenvalue weighted by molar-refractivity contribution is -0.147. The molecular formula is C18H24O3. The van der Waals surface area contributed by atoms with Gasteiger partial charge in [-0.3, -0.25) is 4.79 Å². The van der Waals surface area contributed by atoms with Crippen LogP contribution in [0.1, 0.15) is 46.5 Å². The number of fused-ring (bicyclic) bond motifs is 2.